The van der Waals surface area contributed by atoms with Crippen LogP contribution in [0.15, 0.2) is 58.2 Å². The highest BCUT2D eigenvalue weighted by Crippen LogP contribution is 2.27. The summed E-state index contributed by atoms with van der Waals surface area (Å²) in [6.45, 7) is 2.16. The topological polar surface area (TPSA) is 64.4 Å². The summed E-state index contributed by atoms with van der Waals surface area (Å²) < 4.78 is 22.7. The predicted molar refractivity (Wildman–Crippen MR) is 127 cm³/mol. The highest BCUT2D eigenvalue weighted by Gasteiger charge is 2.32. The van der Waals surface area contributed by atoms with E-state index in [1.807, 2.05) is 41.3 Å². The lowest BCUT2D eigenvalue weighted by atomic mass is 9.98. The molecule has 0 radical (unpaired) electrons. The van der Waals surface area contributed by atoms with Gasteiger partial charge in [0.25, 0.3) is 5.91 Å². The first kappa shape index (κ1) is 23.5. The van der Waals surface area contributed by atoms with Gasteiger partial charge in [-0.3, -0.25) is 4.79 Å². The maximum Gasteiger partial charge on any atom is 0.254 e. The van der Waals surface area contributed by atoms with Gasteiger partial charge >= 0.3 is 0 Å². The minimum absolute atomic E-state index is 0.0674. The normalized spacial score (nSPS) is 23.5. The molecule has 3 unspecified atom stereocenters. The average molecular weight is 455 g/mol. The molecule has 0 N–H and O–H groups in total. The molecular weight excluding hydrogens is 420 g/mol. The van der Waals surface area contributed by atoms with Crippen LogP contribution in [-0.4, -0.2) is 75.4 Å². The van der Waals surface area contributed by atoms with Crippen LogP contribution >= 0.6 is 0 Å². The van der Waals surface area contributed by atoms with Crippen LogP contribution in [-0.2, 0) is 25.5 Å². The highest BCUT2D eigenvalue weighted by atomic mass is 16.6. The van der Waals surface area contributed by atoms with Crippen LogP contribution in [0.1, 0.15) is 25.0 Å². The van der Waals surface area contributed by atoms with Crippen molar-refractivity contribution in [2.45, 2.75) is 44.1 Å². The number of hydrogen-bond acceptors (Lipinski definition) is 6. The third-order valence-corrected chi connectivity index (χ3v) is 6.74. The molecule has 1 aliphatic carbocycles. The van der Waals surface area contributed by atoms with Gasteiger partial charge in [0.1, 0.15) is 29.3 Å². The SMILES string of the molecule is COC1=CC(C(=O)N(CCC2CCCN2C)Cc2cc3ccccc3o2)=CC(OC)C1OC. The Morgan fingerprint density at radius 3 is 2.70 bits per heavy atom. The molecule has 33 heavy (non-hydrogen) atoms. The molecule has 1 fully saturated rings. The number of amides is 1. The summed E-state index contributed by atoms with van der Waals surface area (Å²) >= 11 is 0. The second-order valence-corrected chi connectivity index (χ2v) is 8.77. The van der Waals surface area contributed by atoms with E-state index in [1.54, 1.807) is 27.4 Å². The van der Waals surface area contributed by atoms with E-state index in [1.165, 1.54) is 12.8 Å². The minimum Gasteiger partial charge on any atom is -0.498 e. The summed E-state index contributed by atoms with van der Waals surface area (Å²) in [5.74, 6) is 1.28. The summed E-state index contributed by atoms with van der Waals surface area (Å²) in [5.41, 5.74) is 1.37. The molecule has 1 aromatic heterocycles. The zero-order valence-corrected chi connectivity index (χ0v) is 20.0. The Hall–Kier alpha value is -2.61. The van der Waals surface area contributed by atoms with E-state index in [0.717, 1.165) is 29.7 Å². The van der Waals surface area contributed by atoms with Crippen molar-refractivity contribution >= 4 is 16.9 Å². The van der Waals surface area contributed by atoms with Crippen molar-refractivity contribution in [1.82, 2.24) is 9.80 Å². The molecule has 2 heterocycles. The first-order valence-corrected chi connectivity index (χ1v) is 11.5. The molecule has 0 saturated carbocycles. The van der Waals surface area contributed by atoms with Crippen molar-refractivity contribution in [1.29, 1.82) is 0 Å². The lowest BCUT2D eigenvalue weighted by Crippen LogP contribution is -2.39. The quantitative estimate of drug-likeness (QED) is 0.575. The Balaban J connectivity index is 1.59. The van der Waals surface area contributed by atoms with Crippen molar-refractivity contribution in [3.8, 4) is 0 Å². The van der Waals surface area contributed by atoms with Crippen molar-refractivity contribution in [3.05, 3.63) is 59.6 Å². The number of methoxy groups -OCH3 is 3. The molecule has 2 aliphatic rings. The number of hydrogen-bond donors (Lipinski definition) is 0. The van der Waals surface area contributed by atoms with Crippen molar-refractivity contribution in [3.63, 3.8) is 0 Å². The van der Waals surface area contributed by atoms with Gasteiger partial charge in [-0.1, -0.05) is 18.2 Å². The van der Waals surface area contributed by atoms with E-state index < -0.39 is 6.10 Å². The van der Waals surface area contributed by atoms with Crippen LogP contribution in [0.3, 0.4) is 0 Å². The predicted octanol–water partition coefficient (Wildman–Crippen LogP) is 3.75. The van der Waals surface area contributed by atoms with Crippen LogP contribution in [0.4, 0.5) is 0 Å². The molecule has 1 aromatic carbocycles. The van der Waals surface area contributed by atoms with Gasteiger partial charge in [-0.15, -0.1) is 0 Å². The molecule has 1 aliphatic heterocycles. The summed E-state index contributed by atoms with van der Waals surface area (Å²) in [6, 6.07) is 10.4. The summed E-state index contributed by atoms with van der Waals surface area (Å²) in [4.78, 5) is 18.0. The minimum atomic E-state index is -0.400. The number of nitrogens with zero attached hydrogens (tertiary/aromatic N) is 2. The Bertz CT molecular complexity index is 994. The number of para-hydroxylation sites is 1. The van der Waals surface area contributed by atoms with Gasteiger partial charge in [0.05, 0.1) is 13.7 Å². The molecule has 4 rings (SSSR count). The molecule has 3 atom stereocenters. The van der Waals surface area contributed by atoms with Gasteiger partial charge in [-0.25, -0.2) is 0 Å². The fraction of sp³-hybridized carbons (Fsp3) is 0.500. The van der Waals surface area contributed by atoms with E-state index >= 15 is 0 Å². The molecule has 7 heteroatoms. The molecule has 178 valence electrons. The largest absolute Gasteiger partial charge is 0.498 e. The first-order valence-electron chi connectivity index (χ1n) is 11.5. The van der Waals surface area contributed by atoms with Gasteiger partial charge in [0.2, 0.25) is 0 Å². The van der Waals surface area contributed by atoms with Crippen LogP contribution < -0.4 is 0 Å². The highest BCUT2D eigenvalue weighted by molar-refractivity contribution is 5.96. The Labute approximate surface area is 195 Å². The van der Waals surface area contributed by atoms with E-state index in [9.17, 15) is 4.79 Å². The van der Waals surface area contributed by atoms with Crippen LogP contribution in [0.2, 0.25) is 0 Å². The summed E-state index contributed by atoms with van der Waals surface area (Å²) in [5, 5.41) is 1.04. The number of furan rings is 1. The summed E-state index contributed by atoms with van der Waals surface area (Å²) in [6.07, 6.45) is 6.10. The second-order valence-electron chi connectivity index (χ2n) is 8.77. The Morgan fingerprint density at radius 2 is 2.03 bits per heavy atom. The van der Waals surface area contributed by atoms with E-state index in [2.05, 4.69) is 11.9 Å². The fourth-order valence-corrected chi connectivity index (χ4v) is 4.85. The number of fused-ring (bicyclic) bond motifs is 1. The molecule has 0 bridgehead atoms. The molecule has 1 amide bonds. The maximum atomic E-state index is 13.7. The van der Waals surface area contributed by atoms with Gasteiger partial charge in [0, 0.05) is 37.8 Å². The number of carbonyl (C=O) groups excluding carboxylic acids is 1. The van der Waals surface area contributed by atoms with E-state index in [-0.39, 0.29) is 12.0 Å². The molecule has 0 spiro atoms. The van der Waals surface area contributed by atoms with Crippen molar-refractivity contribution in [2.75, 3.05) is 41.5 Å². The molecule has 7 nitrogen and oxygen atoms in total. The second kappa shape index (κ2) is 10.5. The third-order valence-electron chi connectivity index (χ3n) is 6.74. The lowest BCUT2D eigenvalue weighted by Gasteiger charge is -2.30. The number of carbonyl (C=O) groups is 1. The van der Waals surface area contributed by atoms with Crippen molar-refractivity contribution < 1.29 is 23.4 Å². The van der Waals surface area contributed by atoms with Crippen LogP contribution in [0.25, 0.3) is 11.0 Å². The fourth-order valence-electron chi connectivity index (χ4n) is 4.85. The van der Waals surface area contributed by atoms with Crippen molar-refractivity contribution in [2.24, 2.45) is 0 Å². The summed E-state index contributed by atoms with van der Waals surface area (Å²) in [7, 11) is 6.96. The standard InChI is InChI=1S/C26H34N2O5/c1-27-12-7-9-20(27)11-13-28(17-21-14-18-8-5-6-10-22(18)33-21)26(29)19-15-23(30-2)25(32-4)24(16-19)31-3/h5-6,8,10,14-16,20,23,25H,7,9,11-13,17H2,1-4H3. The Kier molecular flexibility index (Phi) is 7.53. The van der Waals surface area contributed by atoms with Crippen LogP contribution in [0.5, 0.6) is 0 Å². The van der Waals surface area contributed by atoms with Gasteiger partial charge in [0.15, 0.2) is 0 Å². The molecule has 1 saturated heterocycles. The maximum absolute atomic E-state index is 13.7. The average Bonchev–Trinajstić information content (AvgIpc) is 3.45. The monoisotopic (exact) mass is 454 g/mol. The number of likely N-dealkylation sites (tertiary alicyclic amines) is 1. The van der Waals surface area contributed by atoms with Gasteiger partial charge in [-0.2, -0.15) is 0 Å². The van der Waals surface area contributed by atoms with Gasteiger partial charge in [-0.05, 0) is 57.1 Å². The zero-order chi connectivity index (χ0) is 23.4. The molecule has 2 aromatic rings. The number of ether oxygens (including phenoxy) is 3. The smallest absolute Gasteiger partial charge is 0.254 e. The van der Waals surface area contributed by atoms with Gasteiger partial charge < -0.3 is 28.4 Å². The zero-order valence-electron chi connectivity index (χ0n) is 20.0. The Morgan fingerprint density at radius 1 is 1.21 bits per heavy atom. The van der Waals surface area contributed by atoms with Crippen LogP contribution in [0, 0.1) is 0 Å². The van der Waals surface area contributed by atoms with E-state index in [0.29, 0.717) is 30.5 Å². The number of rotatable bonds is 9. The lowest BCUT2D eigenvalue weighted by molar-refractivity contribution is -0.128. The third kappa shape index (κ3) is 5.16. The van der Waals surface area contributed by atoms with E-state index in [4.69, 9.17) is 18.6 Å². The first-order chi connectivity index (χ1) is 16.0. The molecular formula is C26H34N2O5. The number of benzene rings is 1.